The third-order valence-corrected chi connectivity index (χ3v) is 4.97. The van der Waals surface area contributed by atoms with E-state index in [9.17, 15) is 8.42 Å². The van der Waals surface area contributed by atoms with Gasteiger partial charge in [-0.3, -0.25) is 0 Å². The lowest BCUT2D eigenvalue weighted by atomic mass is 10.2. The van der Waals surface area contributed by atoms with Gasteiger partial charge in [-0.15, -0.1) is 11.8 Å². The third-order valence-electron chi connectivity index (χ3n) is 2.52. The van der Waals surface area contributed by atoms with Crippen molar-refractivity contribution in [3.8, 4) is 0 Å². The second kappa shape index (κ2) is 7.03. The molecule has 1 aromatic rings. The SMILES string of the molecule is CCS(=O)(=O)CCNCc1ccc(SC)cc1. The Balaban J connectivity index is 2.31. The molecule has 0 spiro atoms. The predicted molar refractivity (Wildman–Crippen MR) is 74.3 cm³/mol. The molecule has 0 aromatic heterocycles. The molecule has 17 heavy (non-hydrogen) atoms. The molecular formula is C12H19NO2S2. The summed E-state index contributed by atoms with van der Waals surface area (Å²) < 4.78 is 22.5. The van der Waals surface area contributed by atoms with Gasteiger partial charge >= 0.3 is 0 Å². The van der Waals surface area contributed by atoms with E-state index in [1.165, 1.54) is 10.5 Å². The molecule has 0 aliphatic carbocycles. The Hall–Kier alpha value is -0.520. The van der Waals surface area contributed by atoms with Gasteiger partial charge in [-0.25, -0.2) is 8.42 Å². The van der Waals surface area contributed by atoms with Crippen molar-refractivity contribution in [2.24, 2.45) is 0 Å². The monoisotopic (exact) mass is 273 g/mol. The van der Waals surface area contributed by atoms with E-state index in [1.807, 2.05) is 6.26 Å². The topological polar surface area (TPSA) is 46.2 Å². The van der Waals surface area contributed by atoms with Gasteiger partial charge in [0, 0.05) is 23.7 Å². The van der Waals surface area contributed by atoms with Gasteiger partial charge in [0.15, 0.2) is 9.84 Å². The second-order valence-corrected chi connectivity index (χ2v) is 7.11. The normalized spacial score (nSPS) is 11.6. The van der Waals surface area contributed by atoms with Crippen LogP contribution in [0.25, 0.3) is 0 Å². The molecule has 5 heteroatoms. The fourth-order valence-corrected chi connectivity index (χ4v) is 2.50. The summed E-state index contributed by atoms with van der Waals surface area (Å²) in [7, 11) is -2.85. The van der Waals surface area contributed by atoms with Crippen LogP contribution in [0.15, 0.2) is 29.2 Å². The Morgan fingerprint density at radius 3 is 2.41 bits per heavy atom. The molecule has 0 aliphatic rings. The van der Waals surface area contributed by atoms with Crippen molar-refractivity contribution in [3.05, 3.63) is 29.8 Å². The fraction of sp³-hybridized carbons (Fsp3) is 0.500. The van der Waals surface area contributed by atoms with Gasteiger partial charge < -0.3 is 5.32 Å². The Labute approximate surface area is 108 Å². The fourth-order valence-electron chi connectivity index (χ4n) is 1.35. The van der Waals surface area contributed by atoms with E-state index in [0.717, 1.165) is 0 Å². The van der Waals surface area contributed by atoms with Crippen molar-refractivity contribution in [1.29, 1.82) is 0 Å². The average molecular weight is 273 g/mol. The highest BCUT2D eigenvalue weighted by Crippen LogP contribution is 2.14. The van der Waals surface area contributed by atoms with Crippen molar-refractivity contribution in [3.63, 3.8) is 0 Å². The van der Waals surface area contributed by atoms with Crippen molar-refractivity contribution < 1.29 is 8.42 Å². The Bertz CT molecular complexity index is 426. The molecule has 0 fully saturated rings. The molecule has 96 valence electrons. The number of benzene rings is 1. The average Bonchev–Trinajstić information content (AvgIpc) is 2.35. The number of rotatable bonds is 7. The Kier molecular flexibility index (Phi) is 6.02. The zero-order valence-corrected chi connectivity index (χ0v) is 11.9. The zero-order valence-electron chi connectivity index (χ0n) is 10.3. The smallest absolute Gasteiger partial charge is 0.151 e. The minimum absolute atomic E-state index is 0.215. The summed E-state index contributed by atoms with van der Waals surface area (Å²) in [4.78, 5) is 1.24. The van der Waals surface area contributed by atoms with E-state index in [0.29, 0.717) is 13.1 Å². The zero-order chi connectivity index (χ0) is 12.7. The van der Waals surface area contributed by atoms with E-state index in [1.54, 1.807) is 18.7 Å². The van der Waals surface area contributed by atoms with E-state index in [4.69, 9.17) is 0 Å². The van der Waals surface area contributed by atoms with Gasteiger partial charge in [0.1, 0.15) is 0 Å². The van der Waals surface area contributed by atoms with Crippen molar-refractivity contribution in [2.45, 2.75) is 18.4 Å². The van der Waals surface area contributed by atoms with Crippen LogP contribution in [0, 0.1) is 0 Å². The first-order valence-corrected chi connectivity index (χ1v) is 8.66. The number of hydrogen-bond donors (Lipinski definition) is 1. The number of hydrogen-bond acceptors (Lipinski definition) is 4. The maximum atomic E-state index is 11.3. The minimum atomic E-state index is -2.85. The quantitative estimate of drug-likeness (QED) is 0.609. The maximum Gasteiger partial charge on any atom is 0.151 e. The van der Waals surface area contributed by atoms with Crippen LogP contribution in [0.5, 0.6) is 0 Å². The molecule has 0 unspecified atom stereocenters. The first-order chi connectivity index (χ1) is 8.07. The summed E-state index contributed by atoms with van der Waals surface area (Å²) in [5.74, 6) is 0.434. The van der Waals surface area contributed by atoms with Crippen LogP contribution in [0.3, 0.4) is 0 Å². The highest BCUT2D eigenvalue weighted by molar-refractivity contribution is 7.98. The molecule has 1 rings (SSSR count). The van der Waals surface area contributed by atoms with Crippen LogP contribution in [0.4, 0.5) is 0 Å². The second-order valence-electron chi connectivity index (χ2n) is 3.76. The summed E-state index contributed by atoms with van der Waals surface area (Å²) in [6, 6.07) is 8.27. The summed E-state index contributed by atoms with van der Waals surface area (Å²) >= 11 is 1.71. The summed E-state index contributed by atoms with van der Waals surface area (Å²) in [6.45, 7) is 2.91. The number of nitrogens with one attached hydrogen (secondary N) is 1. The first kappa shape index (κ1) is 14.5. The van der Waals surface area contributed by atoms with Crippen LogP contribution in [-0.4, -0.2) is 32.7 Å². The van der Waals surface area contributed by atoms with Gasteiger partial charge in [0.2, 0.25) is 0 Å². The molecule has 0 amide bonds. The van der Waals surface area contributed by atoms with E-state index in [-0.39, 0.29) is 11.5 Å². The maximum absolute atomic E-state index is 11.3. The summed E-state index contributed by atoms with van der Waals surface area (Å²) in [6.07, 6.45) is 2.04. The highest BCUT2D eigenvalue weighted by atomic mass is 32.2. The molecule has 0 saturated carbocycles. The molecule has 0 saturated heterocycles. The van der Waals surface area contributed by atoms with Crippen LogP contribution in [-0.2, 0) is 16.4 Å². The lowest BCUT2D eigenvalue weighted by Crippen LogP contribution is -2.23. The molecule has 3 nitrogen and oxygen atoms in total. The van der Waals surface area contributed by atoms with Gasteiger partial charge in [0.25, 0.3) is 0 Å². The lowest BCUT2D eigenvalue weighted by molar-refractivity contribution is 0.592. The van der Waals surface area contributed by atoms with E-state index in [2.05, 4.69) is 29.6 Å². The standard InChI is InChI=1S/C12H19NO2S2/c1-3-17(14,15)9-8-13-10-11-4-6-12(16-2)7-5-11/h4-7,13H,3,8-10H2,1-2H3. The highest BCUT2D eigenvalue weighted by Gasteiger charge is 2.05. The molecule has 0 aliphatic heterocycles. The molecule has 0 atom stereocenters. The molecule has 1 aromatic carbocycles. The number of thioether (sulfide) groups is 1. The summed E-state index contributed by atoms with van der Waals surface area (Å²) in [5.41, 5.74) is 1.18. The van der Waals surface area contributed by atoms with Gasteiger partial charge in [0.05, 0.1) is 5.75 Å². The molecule has 0 heterocycles. The van der Waals surface area contributed by atoms with Crippen LogP contribution in [0.1, 0.15) is 12.5 Å². The van der Waals surface area contributed by atoms with Gasteiger partial charge in [-0.2, -0.15) is 0 Å². The van der Waals surface area contributed by atoms with Crippen LogP contribution in [0.2, 0.25) is 0 Å². The molecule has 0 radical (unpaired) electrons. The van der Waals surface area contributed by atoms with Gasteiger partial charge in [-0.1, -0.05) is 19.1 Å². The van der Waals surface area contributed by atoms with Crippen LogP contribution < -0.4 is 5.32 Å². The van der Waals surface area contributed by atoms with E-state index < -0.39 is 9.84 Å². The minimum Gasteiger partial charge on any atom is -0.312 e. The summed E-state index contributed by atoms with van der Waals surface area (Å²) in [5, 5.41) is 3.14. The largest absolute Gasteiger partial charge is 0.312 e. The lowest BCUT2D eigenvalue weighted by Gasteiger charge is -2.05. The molecular weight excluding hydrogens is 254 g/mol. The van der Waals surface area contributed by atoms with E-state index >= 15 is 0 Å². The van der Waals surface area contributed by atoms with Crippen molar-refractivity contribution in [2.75, 3.05) is 24.3 Å². The molecule has 1 N–H and O–H groups in total. The predicted octanol–water partition coefficient (Wildman–Crippen LogP) is 1.93. The van der Waals surface area contributed by atoms with Crippen LogP contribution >= 0.6 is 11.8 Å². The van der Waals surface area contributed by atoms with Crippen molar-refractivity contribution >= 4 is 21.6 Å². The first-order valence-electron chi connectivity index (χ1n) is 5.61. The Morgan fingerprint density at radius 2 is 1.88 bits per heavy atom. The third kappa shape index (κ3) is 5.57. The molecule has 0 bridgehead atoms. The number of sulfone groups is 1. The Morgan fingerprint density at radius 1 is 1.24 bits per heavy atom. The van der Waals surface area contributed by atoms with Gasteiger partial charge in [-0.05, 0) is 24.0 Å². The van der Waals surface area contributed by atoms with Crippen molar-refractivity contribution in [1.82, 2.24) is 5.32 Å².